The van der Waals surface area contributed by atoms with Gasteiger partial charge in [-0.25, -0.2) is 12.7 Å². The molecule has 0 aromatic heterocycles. The fourth-order valence-electron chi connectivity index (χ4n) is 2.42. The van der Waals surface area contributed by atoms with Gasteiger partial charge in [0.15, 0.2) is 0 Å². The highest BCUT2D eigenvalue weighted by molar-refractivity contribution is 7.88. The Bertz CT molecular complexity index is 356. The molecule has 1 saturated heterocycles. The molecule has 18 heavy (non-hydrogen) atoms. The molecule has 0 bridgehead atoms. The molecule has 1 aliphatic heterocycles. The van der Waals surface area contributed by atoms with E-state index in [1.165, 1.54) is 6.26 Å². The van der Waals surface area contributed by atoms with Gasteiger partial charge >= 0.3 is 0 Å². The monoisotopic (exact) mass is 276 g/mol. The standard InChI is InChI=1S/C12H24N2O3S/c1-3-6-13(8-9-15)10-12-5-4-7-14(11-12)18(2,16)17/h3,12,15H,1,4-11H2,2H3. The van der Waals surface area contributed by atoms with Gasteiger partial charge in [0.25, 0.3) is 0 Å². The van der Waals surface area contributed by atoms with E-state index in [9.17, 15) is 8.42 Å². The highest BCUT2D eigenvalue weighted by atomic mass is 32.2. The predicted molar refractivity (Wildman–Crippen MR) is 72.9 cm³/mol. The van der Waals surface area contributed by atoms with Crippen LogP contribution in [0.2, 0.25) is 0 Å². The van der Waals surface area contributed by atoms with Crippen molar-refractivity contribution in [3.05, 3.63) is 12.7 Å². The number of rotatable bonds is 7. The Morgan fingerprint density at radius 1 is 1.56 bits per heavy atom. The Balaban J connectivity index is 2.52. The molecule has 0 aromatic rings. The summed E-state index contributed by atoms with van der Waals surface area (Å²) in [5.74, 6) is 0.347. The lowest BCUT2D eigenvalue weighted by Gasteiger charge is -2.34. The summed E-state index contributed by atoms with van der Waals surface area (Å²) in [6.07, 6.45) is 5.04. The number of aliphatic hydroxyl groups is 1. The molecule has 0 saturated carbocycles. The molecule has 1 fully saturated rings. The highest BCUT2D eigenvalue weighted by Crippen LogP contribution is 2.19. The summed E-state index contributed by atoms with van der Waals surface area (Å²) < 4.78 is 24.6. The third-order valence-electron chi connectivity index (χ3n) is 3.27. The van der Waals surface area contributed by atoms with Crippen LogP contribution >= 0.6 is 0 Å². The molecule has 1 heterocycles. The van der Waals surface area contributed by atoms with Crippen LogP contribution in [0.15, 0.2) is 12.7 Å². The molecule has 0 aliphatic carbocycles. The molecular weight excluding hydrogens is 252 g/mol. The molecule has 1 unspecified atom stereocenters. The molecule has 0 radical (unpaired) electrons. The van der Waals surface area contributed by atoms with Crippen LogP contribution in [0, 0.1) is 5.92 Å². The second-order valence-corrected chi connectivity index (χ2v) is 6.88. The van der Waals surface area contributed by atoms with E-state index < -0.39 is 10.0 Å². The van der Waals surface area contributed by atoms with Gasteiger partial charge in [-0.1, -0.05) is 6.08 Å². The van der Waals surface area contributed by atoms with Crippen molar-refractivity contribution in [2.75, 3.05) is 45.6 Å². The molecule has 106 valence electrons. The van der Waals surface area contributed by atoms with Crippen LogP contribution in [-0.2, 0) is 10.0 Å². The van der Waals surface area contributed by atoms with Gasteiger partial charge in [0.1, 0.15) is 0 Å². The van der Waals surface area contributed by atoms with Crippen molar-refractivity contribution in [2.24, 2.45) is 5.92 Å². The number of nitrogens with zero attached hydrogens (tertiary/aromatic N) is 2. The average molecular weight is 276 g/mol. The van der Waals surface area contributed by atoms with E-state index in [0.717, 1.165) is 25.9 Å². The number of piperidine rings is 1. The van der Waals surface area contributed by atoms with E-state index in [4.69, 9.17) is 5.11 Å². The smallest absolute Gasteiger partial charge is 0.211 e. The van der Waals surface area contributed by atoms with E-state index in [2.05, 4.69) is 11.5 Å². The molecule has 0 aromatic carbocycles. The van der Waals surface area contributed by atoms with Gasteiger partial charge in [-0.2, -0.15) is 0 Å². The molecule has 1 atom stereocenters. The number of hydrogen-bond acceptors (Lipinski definition) is 4. The molecule has 0 amide bonds. The molecule has 1 aliphatic rings. The Morgan fingerprint density at radius 2 is 2.28 bits per heavy atom. The first-order valence-electron chi connectivity index (χ1n) is 6.36. The van der Waals surface area contributed by atoms with Gasteiger partial charge in [0.05, 0.1) is 12.9 Å². The second kappa shape index (κ2) is 7.23. The predicted octanol–water partition coefficient (Wildman–Crippen LogP) is 0.138. The fraction of sp³-hybridized carbons (Fsp3) is 0.833. The zero-order chi connectivity index (χ0) is 13.6. The second-order valence-electron chi connectivity index (χ2n) is 4.90. The first kappa shape index (κ1) is 15.6. The van der Waals surface area contributed by atoms with E-state index in [0.29, 0.717) is 25.6 Å². The summed E-state index contributed by atoms with van der Waals surface area (Å²) in [5.41, 5.74) is 0. The van der Waals surface area contributed by atoms with Crippen LogP contribution in [-0.4, -0.2) is 68.3 Å². The van der Waals surface area contributed by atoms with Crippen molar-refractivity contribution in [3.8, 4) is 0 Å². The largest absolute Gasteiger partial charge is 0.395 e. The molecule has 1 rings (SSSR count). The molecule has 0 spiro atoms. The van der Waals surface area contributed by atoms with Crippen LogP contribution in [0.5, 0.6) is 0 Å². The van der Waals surface area contributed by atoms with Gasteiger partial charge in [-0.15, -0.1) is 6.58 Å². The first-order valence-corrected chi connectivity index (χ1v) is 8.21. The van der Waals surface area contributed by atoms with Crippen LogP contribution in [0.1, 0.15) is 12.8 Å². The van der Waals surface area contributed by atoms with Crippen molar-refractivity contribution in [2.45, 2.75) is 12.8 Å². The Hall–Kier alpha value is -0.430. The van der Waals surface area contributed by atoms with Crippen molar-refractivity contribution in [1.82, 2.24) is 9.21 Å². The molecule has 5 nitrogen and oxygen atoms in total. The number of hydrogen-bond donors (Lipinski definition) is 1. The lowest BCUT2D eigenvalue weighted by molar-refractivity contribution is 0.159. The fourth-order valence-corrected chi connectivity index (χ4v) is 3.37. The average Bonchev–Trinajstić information content (AvgIpc) is 2.29. The van der Waals surface area contributed by atoms with E-state index >= 15 is 0 Å². The summed E-state index contributed by atoms with van der Waals surface area (Å²) in [6, 6.07) is 0. The SMILES string of the molecule is C=CCN(CCO)CC1CCCN(S(C)(=O)=O)C1. The summed E-state index contributed by atoms with van der Waals surface area (Å²) in [5, 5.41) is 8.99. The van der Waals surface area contributed by atoms with E-state index in [1.54, 1.807) is 4.31 Å². The minimum absolute atomic E-state index is 0.121. The topological polar surface area (TPSA) is 60.9 Å². The summed E-state index contributed by atoms with van der Waals surface area (Å²) in [7, 11) is -3.07. The zero-order valence-corrected chi connectivity index (χ0v) is 11.9. The first-order chi connectivity index (χ1) is 8.47. The molecule has 1 N–H and O–H groups in total. The van der Waals surface area contributed by atoms with Gasteiger partial charge in [0.2, 0.25) is 10.0 Å². The van der Waals surface area contributed by atoms with Crippen LogP contribution < -0.4 is 0 Å². The van der Waals surface area contributed by atoms with E-state index in [1.807, 2.05) is 6.08 Å². The van der Waals surface area contributed by atoms with Gasteiger partial charge in [-0.05, 0) is 18.8 Å². The Kier molecular flexibility index (Phi) is 6.28. The van der Waals surface area contributed by atoms with E-state index in [-0.39, 0.29) is 6.61 Å². The third-order valence-corrected chi connectivity index (χ3v) is 4.54. The third kappa shape index (κ3) is 5.06. The van der Waals surface area contributed by atoms with Crippen LogP contribution in [0.4, 0.5) is 0 Å². The van der Waals surface area contributed by atoms with Gasteiger partial charge in [0, 0.05) is 32.7 Å². The van der Waals surface area contributed by atoms with Crippen molar-refractivity contribution < 1.29 is 13.5 Å². The molecular formula is C12H24N2O3S. The number of sulfonamides is 1. The summed E-state index contributed by atoms with van der Waals surface area (Å²) in [4.78, 5) is 2.11. The van der Waals surface area contributed by atoms with Crippen molar-refractivity contribution in [1.29, 1.82) is 0 Å². The quantitative estimate of drug-likeness (QED) is 0.672. The maximum atomic E-state index is 11.5. The van der Waals surface area contributed by atoms with Gasteiger partial charge < -0.3 is 5.11 Å². The lowest BCUT2D eigenvalue weighted by atomic mass is 9.99. The Labute approximate surface area is 110 Å². The summed E-state index contributed by atoms with van der Waals surface area (Å²) in [6.45, 7) is 7.22. The maximum Gasteiger partial charge on any atom is 0.211 e. The minimum Gasteiger partial charge on any atom is -0.395 e. The zero-order valence-electron chi connectivity index (χ0n) is 11.1. The number of aliphatic hydroxyl groups excluding tert-OH is 1. The minimum atomic E-state index is -3.07. The van der Waals surface area contributed by atoms with Crippen molar-refractivity contribution in [3.63, 3.8) is 0 Å². The van der Waals surface area contributed by atoms with Crippen LogP contribution in [0.25, 0.3) is 0 Å². The highest BCUT2D eigenvalue weighted by Gasteiger charge is 2.26. The lowest BCUT2D eigenvalue weighted by Crippen LogP contribution is -2.43. The Morgan fingerprint density at radius 3 is 2.83 bits per heavy atom. The van der Waals surface area contributed by atoms with Crippen molar-refractivity contribution >= 4 is 10.0 Å². The van der Waals surface area contributed by atoms with Crippen LogP contribution in [0.3, 0.4) is 0 Å². The maximum absolute atomic E-state index is 11.5. The molecule has 6 heteroatoms. The normalized spacial score (nSPS) is 22.3. The van der Waals surface area contributed by atoms with Gasteiger partial charge in [-0.3, -0.25) is 4.90 Å². The summed E-state index contributed by atoms with van der Waals surface area (Å²) >= 11 is 0.